The van der Waals surface area contributed by atoms with Crippen LogP contribution >= 0.6 is 15.9 Å². The third kappa shape index (κ3) is 5.41. The third-order valence-corrected chi connectivity index (χ3v) is 4.31. The van der Waals surface area contributed by atoms with Crippen LogP contribution in [0.3, 0.4) is 0 Å². The summed E-state index contributed by atoms with van der Waals surface area (Å²) in [5.41, 5.74) is 4.72. The van der Waals surface area contributed by atoms with Gasteiger partial charge in [0.15, 0.2) is 0 Å². The molecule has 1 aromatic carbocycles. The molecule has 0 aliphatic heterocycles. The van der Waals surface area contributed by atoms with Gasteiger partial charge in [0.1, 0.15) is 22.7 Å². The van der Waals surface area contributed by atoms with Gasteiger partial charge in [-0.3, -0.25) is 9.36 Å². The molecule has 0 saturated carbocycles. The molecular weight excluding hydrogens is 440 g/mol. The second-order valence-corrected chi connectivity index (χ2v) is 6.86. The first kappa shape index (κ1) is 21.6. The van der Waals surface area contributed by atoms with E-state index in [0.717, 1.165) is 12.1 Å². The molecule has 2 rings (SSSR count). The van der Waals surface area contributed by atoms with E-state index < -0.39 is 23.2 Å². The number of carbonyl (C=O) groups is 1. The van der Waals surface area contributed by atoms with Crippen LogP contribution in [0.25, 0.3) is 0 Å². The fourth-order valence-electron chi connectivity index (χ4n) is 2.34. The summed E-state index contributed by atoms with van der Waals surface area (Å²) in [6, 6.07) is 2.22. The summed E-state index contributed by atoms with van der Waals surface area (Å²) in [7, 11) is 0. The number of urea groups is 1. The maximum absolute atomic E-state index is 13.8. The molecule has 0 unspecified atom stereocenters. The number of hydrogen-bond donors (Lipinski definition) is 3. The Morgan fingerprint density at radius 3 is 2.68 bits per heavy atom. The lowest BCUT2D eigenvalue weighted by Crippen LogP contribution is -2.34. The van der Waals surface area contributed by atoms with Crippen molar-refractivity contribution in [1.29, 1.82) is 0 Å². The van der Waals surface area contributed by atoms with Crippen molar-refractivity contribution in [2.45, 2.75) is 26.5 Å². The Bertz CT molecular complexity index is 920. The second-order valence-electron chi connectivity index (χ2n) is 6.07. The Morgan fingerprint density at radius 1 is 1.36 bits per heavy atom. The number of carbonyl (C=O) groups excluding carboxylic acids is 1. The van der Waals surface area contributed by atoms with E-state index in [-0.39, 0.29) is 47.6 Å². The van der Waals surface area contributed by atoms with Gasteiger partial charge in [-0.2, -0.15) is 4.98 Å². The molecule has 0 aliphatic carbocycles. The molecule has 0 saturated heterocycles. The van der Waals surface area contributed by atoms with E-state index in [1.807, 2.05) is 0 Å². The van der Waals surface area contributed by atoms with Crippen LogP contribution in [0, 0.1) is 11.6 Å². The summed E-state index contributed by atoms with van der Waals surface area (Å²) in [6.45, 7) is 3.84. The van der Waals surface area contributed by atoms with Gasteiger partial charge in [-0.1, -0.05) is 0 Å². The number of hydrogen-bond acceptors (Lipinski definition) is 5. The van der Waals surface area contributed by atoms with Gasteiger partial charge >= 0.3 is 6.03 Å². The third-order valence-electron chi connectivity index (χ3n) is 3.63. The molecule has 4 N–H and O–H groups in total. The predicted molar refractivity (Wildman–Crippen MR) is 103 cm³/mol. The first-order valence-corrected chi connectivity index (χ1v) is 9.16. The van der Waals surface area contributed by atoms with Crippen molar-refractivity contribution >= 4 is 27.9 Å². The van der Waals surface area contributed by atoms with E-state index in [2.05, 4.69) is 31.5 Å². The number of benzene rings is 1. The molecule has 1 aromatic heterocycles. The summed E-state index contributed by atoms with van der Waals surface area (Å²) in [5.74, 6) is -1.29. The van der Waals surface area contributed by atoms with Crippen molar-refractivity contribution in [3.63, 3.8) is 0 Å². The molecule has 0 atom stereocenters. The SMILES string of the molecule is CC(C)n1c(NCCNC(N)=O)nc(OCc2ccc(F)cc2F)c(Br)c1=O. The number of ether oxygens (including phenoxy) is 1. The van der Waals surface area contributed by atoms with Crippen LogP contribution in [0.15, 0.2) is 27.5 Å². The number of nitrogens with two attached hydrogens (primary N) is 1. The standard InChI is InChI=1S/C17H20BrF2N5O3/c1-9(2)25-15(26)13(18)14(24-17(25)23-6-5-22-16(21)27)28-8-10-3-4-11(19)7-12(10)20/h3-4,7,9H,5-6,8H2,1-2H3,(H,23,24)(H3,21,22,27). The van der Waals surface area contributed by atoms with Crippen molar-refractivity contribution in [3.8, 4) is 5.88 Å². The quantitative estimate of drug-likeness (QED) is 0.525. The number of anilines is 1. The summed E-state index contributed by atoms with van der Waals surface area (Å²) >= 11 is 3.16. The van der Waals surface area contributed by atoms with E-state index in [4.69, 9.17) is 10.5 Å². The van der Waals surface area contributed by atoms with Crippen LogP contribution in [0.5, 0.6) is 5.88 Å². The lowest BCUT2D eigenvalue weighted by molar-refractivity contribution is 0.249. The molecular formula is C17H20BrF2N5O3. The molecule has 0 fully saturated rings. The maximum Gasteiger partial charge on any atom is 0.312 e. The number of primary amides is 1. The smallest absolute Gasteiger partial charge is 0.312 e. The minimum Gasteiger partial charge on any atom is -0.472 e. The van der Waals surface area contributed by atoms with Crippen molar-refractivity contribution in [3.05, 3.63) is 50.2 Å². The zero-order chi connectivity index (χ0) is 20.8. The normalized spacial score (nSPS) is 10.8. The van der Waals surface area contributed by atoms with Crippen LogP contribution in [0.2, 0.25) is 0 Å². The molecule has 2 aromatic rings. The van der Waals surface area contributed by atoms with E-state index in [1.165, 1.54) is 10.6 Å². The summed E-state index contributed by atoms with van der Waals surface area (Å²) in [6.07, 6.45) is 0. The highest BCUT2D eigenvalue weighted by atomic mass is 79.9. The monoisotopic (exact) mass is 459 g/mol. The minimum absolute atomic E-state index is 0.0454. The lowest BCUT2D eigenvalue weighted by Gasteiger charge is -2.19. The van der Waals surface area contributed by atoms with Crippen molar-refractivity contribution < 1.29 is 18.3 Å². The van der Waals surface area contributed by atoms with E-state index >= 15 is 0 Å². The van der Waals surface area contributed by atoms with Gasteiger partial charge < -0.3 is 21.1 Å². The molecule has 2 amide bonds. The largest absolute Gasteiger partial charge is 0.472 e. The number of amides is 2. The maximum atomic E-state index is 13.8. The number of halogens is 3. The molecule has 0 bridgehead atoms. The van der Waals surface area contributed by atoms with Gasteiger partial charge in [-0.25, -0.2) is 13.6 Å². The zero-order valence-corrected chi connectivity index (χ0v) is 16.8. The summed E-state index contributed by atoms with van der Waals surface area (Å²) in [5, 5.41) is 5.34. The predicted octanol–water partition coefficient (Wildman–Crippen LogP) is 2.52. The molecule has 28 heavy (non-hydrogen) atoms. The number of nitrogens with one attached hydrogen (secondary N) is 2. The molecule has 0 aliphatic rings. The van der Waals surface area contributed by atoms with Crippen LogP contribution in [-0.2, 0) is 6.61 Å². The van der Waals surface area contributed by atoms with Gasteiger partial charge in [0.2, 0.25) is 11.8 Å². The molecule has 0 radical (unpaired) electrons. The second kappa shape index (κ2) is 9.49. The number of aromatic nitrogens is 2. The minimum atomic E-state index is -0.762. The Labute approximate surface area is 168 Å². The van der Waals surface area contributed by atoms with Crippen LogP contribution in [0.4, 0.5) is 19.5 Å². The van der Waals surface area contributed by atoms with E-state index in [1.54, 1.807) is 13.8 Å². The molecule has 1 heterocycles. The Kier molecular flexibility index (Phi) is 7.32. The summed E-state index contributed by atoms with van der Waals surface area (Å²) in [4.78, 5) is 27.7. The highest BCUT2D eigenvalue weighted by Gasteiger charge is 2.18. The fraction of sp³-hybridized carbons (Fsp3) is 0.353. The fourth-order valence-corrected chi connectivity index (χ4v) is 2.73. The van der Waals surface area contributed by atoms with Crippen LogP contribution in [-0.4, -0.2) is 28.7 Å². The van der Waals surface area contributed by atoms with Gasteiger partial charge in [-0.15, -0.1) is 0 Å². The molecule has 0 spiro atoms. The first-order valence-electron chi connectivity index (χ1n) is 8.36. The van der Waals surface area contributed by atoms with Crippen LogP contribution in [0.1, 0.15) is 25.5 Å². The zero-order valence-electron chi connectivity index (χ0n) is 15.3. The van der Waals surface area contributed by atoms with Crippen molar-refractivity contribution in [2.24, 2.45) is 5.73 Å². The summed E-state index contributed by atoms with van der Waals surface area (Å²) < 4.78 is 33.7. The molecule has 152 valence electrons. The average molecular weight is 460 g/mol. The molecule has 11 heteroatoms. The van der Waals surface area contributed by atoms with Gasteiger partial charge in [0.05, 0.1) is 0 Å². The van der Waals surface area contributed by atoms with Gasteiger partial charge in [0.25, 0.3) is 5.56 Å². The van der Waals surface area contributed by atoms with Crippen LogP contribution < -0.4 is 26.7 Å². The van der Waals surface area contributed by atoms with Crippen molar-refractivity contribution in [1.82, 2.24) is 14.9 Å². The van der Waals surface area contributed by atoms with E-state index in [0.29, 0.717) is 0 Å². The van der Waals surface area contributed by atoms with Gasteiger partial charge in [-0.05, 0) is 41.9 Å². The Balaban J connectivity index is 2.25. The van der Waals surface area contributed by atoms with Crippen molar-refractivity contribution in [2.75, 3.05) is 18.4 Å². The number of nitrogens with zero attached hydrogens (tertiary/aromatic N) is 2. The molecule has 8 nitrogen and oxygen atoms in total. The lowest BCUT2D eigenvalue weighted by atomic mass is 10.2. The van der Waals surface area contributed by atoms with Gasteiger partial charge in [0, 0.05) is 30.8 Å². The highest BCUT2D eigenvalue weighted by molar-refractivity contribution is 9.10. The number of rotatable bonds is 8. The van der Waals surface area contributed by atoms with E-state index in [9.17, 15) is 18.4 Å². The topological polar surface area (TPSA) is 111 Å². The first-order chi connectivity index (χ1) is 13.2. The highest BCUT2D eigenvalue weighted by Crippen LogP contribution is 2.24. The Morgan fingerprint density at radius 2 is 2.07 bits per heavy atom. The average Bonchev–Trinajstić information content (AvgIpc) is 2.61. The Hall–Kier alpha value is -2.69.